The first-order valence-electron chi connectivity index (χ1n) is 7.83. The van der Waals surface area contributed by atoms with Crippen molar-refractivity contribution in [1.29, 1.82) is 0 Å². The predicted octanol–water partition coefficient (Wildman–Crippen LogP) is 3.10. The molecule has 6 nitrogen and oxygen atoms in total. The van der Waals surface area contributed by atoms with Crippen molar-refractivity contribution < 1.29 is 4.74 Å². The lowest BCUT2D eigenvalue weighted by Crippen LogP contribution is -2.10. The van der Waals surface area contributed by atoms with Crippen LogP contribution in [0.3, 0.4) is 0 Å². The van der Waals surface area contributed by atoms with Gasteiger partial charge in [0.2, 0.25) is 5.95 Å². The number of anilines is 1. The zero-order valence-electron chi connectivity index (χ0n) is 13.8. The number of hydrazone groups is 1. The summed E-state index contributed by atoms with van der Waals surface area (Å²) in [7, 11) is 0. The van der Waals surface area contributed by atoms with Crippen LogP contribution >= 0.6 is 0 Å². The van der Waals surface area contributed by atoms with E-state index in [2.05, 4.69) is 20.5 Å². The average molecular weight is 334 g/mol. The third-order valence-corrected chi connectivity index (χ3v) is 3.36. The summed E-state index contributed by atoms with van der Waals surface area (Å²) in [4.78, 5) is 18.1. The van der Waals surface area contributed by atoms with Crippen molar-refractivity contribution in [2.45, 2.75) is 13.5 Å². The minimum Gasteiger partial charge on any atom is -0.489 e. The molecule has 0 fully saturated rings. The number of ether oxygens (including phenoxy) is 1. The third kappa shape index (κ3) is 5.04. The molecule has 25 heavy (non-hydrogen) atoms. The van der Waals surface area contributed by atoms with Crippen molar-refractivity contribution >= 4 is 12.2 Å². The van der Waals surface area contributed by atoms with Crippen LogP contribution in [0, 0.1) is 6.92 Å². The van der Waals surface area contributed by atoms with Gasteiger partial charge in [0, 0.05) is 11.8 Å². The lowest BCUT2D eigenvalue weighted by molar-refractivity contribution is 0.306. The molecular weight excluding hydrogens is 316 g/mol. The fourth-order valence-corrected chi connectivity index (χ4v) is 2.23. The summed E-state index contributed by atoms with van der Waals surface area (Å²) >= 11 is 0. The van der Waals surface area contributed by atoms with Crippen LogP contribution in [-0.4, -0.2) is 16.2 Å². The smallest absolute Gasteiger partial charge is 0.252 e. The van der Waals surface area contributed by atoms with Crippen molar-refractivity contribution in [3.05, 3.63) is 87.8 Å². The summed E-state index contributed by atoms with van der Waals surface area (Å²) in [6.07, 6.45) is 1.64. The Morgan fingerprint density at radius 1 is 1.16 bits per heavy atom. The maximum Gasteiger partial charge on any atom is 0.252 e. The Balaban J connectivity index is 1.62. The molecule has 1 heterocycles. The molecule has 126 valence electrons. The molecule has 0 unspecified atom stereocenters. The summed E-state index contributed by atoms with van der Waals surface area (Å²) in [5.74, 6) is 1.06. The van der Waals surface area contributed by atoms with Crippen LogP contribution in [0.2, 0.25) is 0 Å². The van der Waals surface area contributed by atoms with Gasteiger partial charge in [-0.1, -0.05) is 42.5 Å². The molecule has 0 aliphatic carbocycles. The molecule has 2 aromatic carbocycles. The number of hydrogen-bond acceptors (Lipinski definition) is 5. The van der Waals surface area contributed by atoms with Gasteiger partial charge in [-0.05, 0) is 30.2 Å². The van der Waals surface area contributed by atoms with E-state index in [1.165, 1.54) is 6.07 Å². The van der Waals surface area contributed by atoms with Gasteiger partial charge < -0.3 is 4.74 Å². The lowest BCUT2D eigenvalue weighted by atomic mass is 10.2. The van der Waals surface area contributed by atoms with Crippen LogP contribution in [0.15, 0.2) is 70.6 Å². The molecule has 0 aliphatic rings. The van der Waals surface area contributed by atoms with Crippen LogP contribution in [0.5, 0.6) is 5.75 Å². The zero-order chi connectivity index (χ0) is 17.5. The average Bonchev–Trinajstić information content (AvgIpc) is 2.60. The van der Waals surface area contributed by atoms with E-state index in [1.807, 2.05) is 54.6 Å². The number of nitrogens with zero attached hydrogens (tertiary/aromatic N) is 2. The van der Waals surface area contributed by atoms with E-state index in [1.54, 1.807) is 13.1 Å². The standard InChI is InChI=1S/C19H18N4O2/c1-14-10-18(24)22-19(21-14)23-20-12-16-8-5-9-17(11-16)25-13-15-6-3-2-4-7-15/h2-12H,13H2,1H3,(H2,21,22,23,24). The van der Waals surface area contributed by atoms with Crippen molar-refractivity contribution in [2.75, 3.05) is 5.43 Å². The van der Waals surface area contributed by atoms with Crippen LogP contribution in [0.25, 0.3) is 0 Å². The van der Waals surface area contributed by atoms with Gasteiger partial charge in [0.15, 0.2) is 0 Å². The Kier molecular flexibility index (Phi) is 5.21. The summed E-state index contributed by atoms with van der Waals surface area (Å²) < 4.78 is 5.79. The highest BCUT2D eigenvalue weighted by atomic mass is 16.5. The van der Waals surface area contributed by atoms with Crippen molar-refractivity contribution in [2.24, 2.45) is 5.10 Å². The Labute approximate surface area is 145 Å². The molecule has 1 aromatic heterocycles. The van der Waals surface area contributed by atoms with Gasteiger partial charge in [-0.2, -0.15) is 5.10 Å². The first-order valence-corrected chi connectivity index (χ1v) is 7.83. The summed E-state index contributed by atoms with van der Waals surface area (Å²) in [5.41, 5.74) is 5.09. The molecular formula is C19H18N4O2. The monoisotopic (exact) mass is 334 g/mol. The second-order valence-corrected chi connectivity index (χ2v) is 5.45. The molecule has 0 aliphatic heterocycles. The Hall–Kier alpha value is -3.41. The molecule has 0 radical (unpaired) electrons. The summed E-state index contributed by atoms with van der Waals surface area (Å²) in [6, 6.07) is 19.0. The summed E-state index contributed by atoms with van der Waals surface area (Å²) in [5, 5.41) is 4.09. The van der Waals surface area contributed by atoms with Gasteiger partial charge in [0.05, 0.1) is 6.21 Å². The highest BCUT2D eigenvalue weighted by Gasteiger charge is 1.98. The van der Waals surface area contributed by atoms with Crippen molar-refractivity contribution in [1.82, 2.24) is 9.97 Å². The number of nitrogens with one attached hydrogen (secondary N) is 2. The van der Waals surface area contributed by atoms with E-state index in [-0.39, 0.29) is 5.56 Å². The van der Waals surface area contributed by atoms with Gasteiger partial charge >= 0.3 is 0 Å². The number of benzene rings is 2. The Morgan fingerprint density at radius 2 is 2.00 bits per heavy atom. The van der Waals surface area contributed by atoms with E-state index in [4.69, 9.17) is 4.74 Å². The molecule has 0 amide bonds. The highest BCUT2D eigenvalue weighted by Crippen LogP contribution is 2.14. The van der Waals surface area contributed by atoms with E-state index in [9.17, 15) is 4.79 Å². The number of aromatic amines is 1. The molecule has 3 aromatic rings. The molecule has 0 bridgehead atoms. The normalized spacial score (nSPS) is 10.8. The minimum absolute atomic E-state index is 0.221. The SMILES string of the molecule is Cc1cc(=O)[nH]c(NN=Cc2cccc(OCc3ccccc3)c2)n1. The molecule has 3 rings (SSSR count). The van der Waals surface area contributed by atoms with Crippen LogP contribution < -0.4 is 15.7 Å². The largest absolute Gasteiger partial charge is 0.489 e. The number of aromatic nitrogens is 2. The molecule has 0 atom stereocenters. The maximum absolute atomic E-state index is 11.4. The third-order valence-electron chi connectivity index (χ3n) is 3.36. The van der Waals surface area contributed by atoms with E-state index in [0.717, 1.165) is 16.9 Å². The van der Waals surface area contributed by atoms with Gasteiger partial charge in [0.25, 0.3) is 5.56 Å². The van der Waals surface area contributed by atoms with Crippen LogP contribution in [0.4, 0.5) is 5.95 Å². The number of rotatable bonds is 6. The lowest BCUT2D eigenvalue weighted by Gasteiger charge is -2.06. The van der Waals surface area contributed by atoms with Crippen molar-refractivity contribution in [3.63, 3.8) is 0 Å². The number of H-pyrrole nitrogens is 1. The molecule has 0 spiro atoms. The molecule has 6 heteroatoms. The first kappa shape index (κ1) is 16.4. The quantitative estimate of drug-likeness (QED) is 0.536. The van der Waals surface area contributed by atoms with Crippen molar-refractivity contribution in [3.8, 4) is 5.75 Å². The van der Waals surface area contributed by atoms with E-state index < -0.39 is 0 Å². The molecule has 0 saturated carbocycles. The first-order chi connectivity index (χ1) is 12.2. The Morgan fingerprint density at radius 3 is 2.80 bits per heavy atom. The highest BCUT2D eigenvalue weighted by molar-refractivity contribution is 5.80. The molecule has 2 N–H and O–H groups in total. The van der Waals surface area contributed by atoms with Gasteiger partial charge in [-0.15, -0.1) is 0 Å². The number of hydrogen-bond donors (Lipinski definition) is 2. The van der Waals surface area contributed by atoms with Crippen LogP contribution in [0.1, 0.15) is 16.8 Å². The second-order valence-electron chi connectivity index (χ2n) is 5.45. The van der Waals surface area contributed by atoms with Gasteiger partial charge in [-0.3, -0.25) is 9.78 Å². The second kappa shape index (κ2) is 7.92. The number of aryl methyl sites for hydroxylation is 1. The summed E-state index contributed by atoms with van der Waals surface area (Å²) in [6.45, 7) is 2.26. The molecule has 0 saturated heterocycles. The fourth-order valence-electron chi connectivity index (χ4n) is 2.23. The fraction of sp³-hybridized carbons (Fsp3) is 0.105. The predicted molar refractivity (Wildman–Crippen MR) is 98.0 cm³/mol. The minimum atomic E-state index is -0.221. The zero-order valence-corrected chi connectivity index (χ0v) is 13.8. The van der Waals surface area contributed by atoms with Gasteiger partial charge in [0.1, 0.15) is 12.4 Å². The van der Waals surface area contributed by atoms with Crippen LogP contribution in [-0.2, 0) is 6.61 Å². The topological polar surface area (TPSA) is 79.4 Å². The van der Waals surface area contributed by atoms with E-state index in [0.29, 0.717) is 18.2 Å². The van der Waals surface area contributed by atoms with Gasteiger partial charge in [-0.25, -0.2) is 10.4 Å². The Bertz CT molecular complexity index is 920. The van der Waals surface area contributed by atoms with E-state index >= 15 is 0 Å². The maximum atomic E-state index is 11.4.